The number of halogens is 1. The molecule has 0 aromatic carbocycles. The normalized spacial score (nSPS) is 12.8. The topological polar surface area (TPSA) is 55.1 Å². The summed E-state index contributed by atoms with van der Waals surface area (Å²) in [6.07, 6.45) is 1.48. The molecule has 0 fully saturated rings. The maximum atomic E-state index is 12.4. The second kappa shape index (κ2) is 3.34. The summed E-state index contributed by atoms with van der Waals surface area (Å²) in [5.41, 5.74) is 0.0793. The molecule has 0 saturated carbocycles. The monoisotopic (exact) mass is 172 g/mol. The molecule has 0 saturated heterocycles. The molecule has 4 nitrogen and oxygen atoms in total. The molecule has 12 heavy (non-hydrogen) atoms. The Morgan fingerprint density at radius 3 is 3.00 bits per heavy atom. The van der Waals surface area contributed by atoms with Gasteiger partial charge in [0.1, 0.15) is 6.17 Å². The van der Waals surface area contributed by atoms with E-state index in [9.17, 15) is 9.18 Å². The van der Waals surface area contributed by atoms with Crippen molar-refractivity contribution in [3.05, 3.63) is 18.0 Å². The van der Waals surface area contributed by atoms with Gasteiger partial charge in [-0.1, -0.05) is 0 Å². The molecule has 0 spiro atoms. The molecule has 0 bridgehead atoms. The molecule has 0 amide bonds. The van der Waals surface area contributed by atoms with Gasteiger partial charge in [-0.3, -0.25) is 4.68 Å². The van der Waals surface area contributed by atoms with Crippen LogP contribution in [0.25, 0.3) is 0 Å². The Labute approximate surface area is 68.6 Å². The van der Waals surface area contributed by atoms with Crippen LogP contribution in [0.1, 0.15) is 17.3 Å². The fourth-order valence-electron chi connectivity index (χ4n) is 0.832. The van der Waals surface area contributed by atoms with Crippen molar-refractivity contribution in [2.24, 2.45) is 0 Å². The van der Waals surface area contributed by atoms with Crippen LogP contribution in [0.3, 0.4) is 0 Å². The number of nitrogens with zero attached hydrogens (tertiary/aromatic N) is 2. The molecule has 0 radical (unpaired) electrons. The Morgan fingerprint density at radius 1 is 1.92 bits per heavy atom. The third kappa shape index (κ3) is 2.05. The summed E-state index contributed by atoms with van der Waals surface area (Å²) in [7, 11) is 0. The number of hydrogen-bond acceptors (Lipinski definition) is 2. The number of carbonyl (C=O) groups is 1. The summed E-state index contributed by atoms with van der Waals surface area (Å²) in [6.45, 7) is 1.48. The largest absolute Gasteiger partial charge is 0.478 e. The van der Waals surface area contributed by atoms with Gasteiger partial charge in [-0.15, -0.1) is 0 Å². The average Bonchev–Trinajstić information content (AvgIpc) is 2.34. The molecular formula is C7H9FN2O2. The summed E-state index contributed by atoms with van der Waals surface area (Å²) in [5, 5.41) is 12.2. The quantitative estimate of drug-likeness (QED) is 0.738. The highest BCUT2D eigenvalue weighted by molar-refractivity contribution is 5.86. The standard InChI is InChI=1S/C7H9FN2O2/c1-5(8)3-10-4-6(2-9-10)7(11)12/h2,4-5H,3H2,1H3,(H,11,12). The van der Waals surface area contributed by atoms with Crippen LogP contribution in [0.5, 0.6) is 0 Å². The Morgan fingerprint density at radius 2 is 2.58 bits per heavy atom. The zero-order valence-electron chi connectivity index (χ0n) is 6.57. The number of aromatic nitrogens is 2. The maximum Gasteiger partial charge on any atom is 0.338 e. The van der Waals surface area contributed by atoms with E-state index in [1.807, 2.05) is 0 Å². The van der Waals surface area contributed by atoms with Crippen LogP contribution in [0.4, 0.5) is 4.39 Å². The summed E-state index contributed by atoms with van der Waals surface area (Å²) in [4.78, 5) is 10.4. The molecule has 1 aromatic rings. The highest BCUT2D eigenvalue weighted by Gasteiger charge is 2.07. The SMILES string of the molecule is CC(F)Cn1cc(C(=O)O)cn1. The van der Waals surface area contributed by atoms with Gasteiger partial charge >= 0.3 is 5.97 Å². The van der Waals surface area contributed by atoms with Gasteiger partial charge in [0.25, 0.3) is 0 Å². The first-order valence-electron chi connectivity index (χ1n) is 3.49. The zero-order valence-corrected chi connectivity index (χ0v) is 6.57. The molecule has 1 aromatic heterocycles. The van der Waals surface area contributed by atoms with Gasteiger partial charge in [0.05, 0.1) is 18.3 Å². The van der Waals surface area contributed by atoms with E-state index in [1.54, 1.807) is 0 Å². The number of rotatable bonds is 3. The lowest BCUT2D eigenvalue weighted by molar-refractivity contribution is 0.0696. The van der Waals surface area contributed by atoms with Crippen LogP contribution in [-0.4, -0.2) is 27.0 Å². The lowest BCUT2D eigenvalue weighted by Crippen LogP contribution is -2.07. The van der Waals surface area contributed by atoms with Crippen molar-refractivity contribution in [3.8, 4) is 0 Å². The second-order valence-corrected chi connectivity index (χ2v) is 2.54. The molecule has 66 valence electrons. The predicted octanol–water partition coefficient (Wildman–Crippen LogP) is 0.939. The van der Waals surface area contributed by atoms with Gasteiger partial charge in [0, 0.05) is 6.20 Å². The van der Waals surface area contributed by atoms with Gasteiger partial charge in [-0.2, -0.15) is 5.10 Å². The van der Waals surface area contributed by atoms with E-state index in [1.165, 1.54) is 24.0 Å². The van der Waals surface area contributed by atoms with E-state index in [0.717, 1.165) is 0 Å². The molecule has 5 heteroatoms. The molecular weight excluding hydrogens is 163 g/mol. The van der Waals surface area contributed by atoms with E-state index in [-0.39, 0.29) is 12.1 Å². The molecule has 0 aliphatic rings. The number of carboxylic acid groups (broad SMARTS) is 1. The molecule has 1 heterocycles. The van der Waals surface area contributed by atoms with E-state index in [4.69, 9.17) is 5.11 Å². The summed E-state index contributed by atoms with van der Waals surface area (Å²) in [6, 6.07) is 0. The summed E-state index contributed by atoms with van der Waals surface area (Å²) >= 11 is 0. The lowest BCUT2D eigenvalue weighted by atomic mass is 10.4. The van der Waals surface area contributed by atoms with Crippen LogP contribution in [0, 0.1) is 0 Å². The lowest BCUT2D eigenvalue weighted by Gasteiger charge is -1.99. The fraction of sp³-hybridized carbons (Fsp3) is 0.429. The third-order valence-electron chi connectivity index (χ3n) is 1.32. The summed E-state index contributed by atoms with van der Waals surface area (Å²) < 4.78 is 13.7. The molecule has 1 rings (SSSR count). The molecule has 1 atom stereocenters. The van der Waals surface area contributed by atoms with Crippen molar-refractivity contribution >= 4 is 5.97 Å². The van der Waals surface area contributed by atoms with Crippen LogP contribution >= 0.6 is 0 Å². The van der Waals surface area contributed by atoms with Crippen LogP contribution in [0.2, 0.25) is 0 Å². The molecule has 1 unspecified atom stereocenters. The van der Waals surface area contributed by atoms with Gasteiger partial charge in [0.15, 0.2) is 0 Å². The van der Waals surface area contributed by atoms with Crippen molar-refractivity contribution in [1.29, 1.82) is 0 Å². The van der Waals surface area contributed by atoms with Crippen molar-refractivity contribution in [2.75, 3.05) is 0 Å². The average molecular weight is 172 g/mol. The first-order valence-corrected chi connectivity index (χ1v) is 3.49. The van der Waals surface area contributed by atoms with Gasteiger partial charge in [0.2, 0.25) is 0 Å². The van der Waals surface area contributed by atoms with Gasteiger partial charge in [-0.05, 0) is 6.92 Å². The summed E-state index contributed by atoms with van der Waals surface area (Å²) in [5.74, 6) is -1.05. The number of aromatic carboxylic acids is 1. The van der Waals surface area contributed by atoms with Crippen LogP contribution in [-0.2, 0) is 6.54 Å². The van der Waals surface area contributed by atoms with Crippen molar-refractivity contribution < 1.29 is 14.3 Å². The van der Waals surface area contributed by atoms with Gasteiger partial charge in [-0.25, -0.2) is 9.18 Å². The van der Waals surface area contributed by atoms with Crippen molar-refractivity contribution in [1.82, 2.24) is 9.78 Å². The Kier molecular flexibility index (Phi) is 2.42. The first-order chi connectivity index (χ1) is 5.59. The van der Waals surface area contributed by atoms with E-state index in [2.05, 4.69) is 5.10 Å². The number of carboxylic acids is 1. The number of alkyl halides is 1. The second-order valence-electron chi connectivity index (χ2n) is 2.54. The molecule has 0 aliphatic carbocycles. The highest BCUT2D eigenvalue weighted by Crippen LogP contribution is 1.99. The van der Waals surface area contributed by atoms with Gasteiger partial charge < -0.3 is 5.11 Å². The Balaban J connectivity index is 2.71. The van der Waals surface area contributed by atoms with Crippen molar-refractivity contribution in [2.45, 2.75) is 19.6 Å². The minimum atomic E-state index is -1.05. The Bertz CT molecular complexity index is 283. The smallest absolute Gasteiger partial charge is 0.338 e. The fourth-order valence-corrected chi connectivity index (χ4v) is 0.832. The predicted molar refractivity (Wildman–Crippen MR) is 39.8 cm³/mol. The van der Waals surface area contributed by atoms with Crippen LogP contribution in [0.15, 0.2) is 12.4 Å². The van der Waals surface area contributed by atoms with E-state index in [0.29, 0.717) is 0 Å². The first kappa shape index (κ1) is 8.70. The Hall–Kier alpha value is -1.39. The zero-order chi connectivity index (χ0) is 9.14. The van der Waals surface area contributed by atoms with E-state index < -0.39 is 12.1 Å². The van der Waals surface area contributed by atoms with E-state index >= 15 is 0 Å². The minimum absolute atomic E-state index is 0.0793. The molecule has 1 N–H and O–H groups in total. The number of hydrogen-bond donors (Lipinski definition) is 1. The molecule has 0 aliphatic heterocycles. The maximum absolute atomic E-state index is 12.4. The minimum Gasteiger partial charge on any atom is -0.478 e. The van der Waals surface area contributed by atoms with Crippen molar-refractivity contribution in [3.63, 3.8) is 0 Å². The van der Waals surface area contributed by atoms with Crippen LogP contribution < -0.4 is 0 Å². The third-order valence-corrected chi connectivity index (χ3v) is 1.32. The highest BCUT2D eigenvalue weighted by atomic mass is 19.1.